The van der Waals surface area contributed by atoms with Crippen LogP contribution in [0.1, 0.15) is 40.5 Å². The monoisotopic (exact) mass is 244 g/mol. The van der Waals surface area contributed by atoms with Crippen molar-refractivity contribution in [2.45, 2.75) is 64.4 Å². The number of aliphatic hydroxyl groups is 1. The van der Waals surface area contributed by atoms with E-state index >= 15 is 0 Å². The molecule has 4 atom stereocenters. The van der Waals surface area contributed by atoms with E-state index in [1.54, 1.807) is 0 Å². The molecule has 4 unspecified atom stereocenters. The first-order valence-electron chi connectivity index (χ1n) is 6.23. The van der Waals surface area contributed by atoms with Gasteiger partial charge >= 0.3 is 0 Å². The SMILES string of the molecule is CC1OC(C)C(C)(CCCOC=CO)OC1C. The maximum atomic E-state index is 8.42. The topological polar surface area (TPSA) is 47.9 Å². The molecular weight excluding hydrogens is 220 g/mol. The van der Waals surface area contributed by atoms with Crippen molar-refractivity contribution in [2.24, 2.45) is 0 Å². The summed E-state index contributed by atoms with van der Waals surface area (Å²) in [5.74, 6) is 0. The third-order valence-corrected chi connectivity index (χ3v) is 3.49. The second kappa shape index (κ2) is 6.26. The van der Waals surface area contributed by atoms with Gasteiger partial charge in [0.25, 0.3) is 0 Å². The van der Waals surface area contributed by atoms with Gasteiger partial charge in [-0.05, 0) is 40.5 Å². The Labute approximate surface area is 104 Å². The Morgan fingerprint density at radius 1 is 1.29 bits per heavy atom. The van der Waals surface area contributed by atoms with Crippen LogP contribution in [0.25, 0.3) is 0 Å². The van der Waals surface area contributed by atoms with E-state index in [1.807, 2.05) is 13.8 Å². The number of aliphatic hydroxyl groups excluding tert-OH is 1. The zero-order valence-electron chi connectivity index (χ0n) is 11.2. The molecule has 4 nitrogen and oxygen atoms in total. The zero-order valence-corrected chi connectivity index (χ0v) is 11.2. The van der Waals surface area contributed by atoms with Gasteiger partial charge in [0.15, 0.2) is 0 Å². The molecule has 0 spiro atoms. The molecule has 0 aliphatic carbocycles. The molecule has 1 heterocycles. The summed E-state index contributed by atoms with van der Waals surface area (Å²) >= 11 is 0. The number of ether oxygens (including phenoxy) is 3. The van der Waals surface area contributed by atoms with Gasteiger partial charge in [0.05, 0.1) is 30.5 Å². The first kappa shape index (κ1) is 14.3. The first-order valence-corrected chi connectivity index (χ1v) is 6.23. The molecule has 0 aromatic heterocycles. The molecule has 4 heteroatoms. The van der Waals surface area contributed by atoms with E-state index in [1.165, 1.54) is 6.26 Å². The number of hydrogen-bond donors (Lipinski definition) is 1. The normalized spacial score (nSPS) is 38.5. The van der Waals surface area contributed by atoms with Crippen molar-refractivity contribution in [3.63, 3.8) is 0 Å². The Morgan fingerprint density at radius 2 is 2.00 bits per heavy atom. The largest absolute Gasteiger partial charge is 0.512 e. The van der Waals surface area contributed by atoms with Crippen molar-refractivity contribution >= 4 is 0 Å². The van der Waals surface area contributed by atoms with Crippen LogP contribution in [-0.4, -0.2) is 35.6 Å². The van der Waals surface area contributed by atoms with Gasteiger partial charge in [0.1, 0.15) is 12.5 Å². The Morgan fingerprint density at radius 3 is 2.65 bits per heavy atom. The summed E-state index contributed by atoms with van der Waals surface area (Å²) < 4.78 is 17.0. The first-order chi connectivity index (χ1) is 7.99. The summed E-state index contributed by atoms with van der Waals surface area (Å²) in [5.41, 5.74) is -0.252. The Bertz CT molecular complexity index is 254. The van der Waals surface area contributed by atoms with Crippen LogP contribution in [0.4, 0.5) is 0 Å². The molecule has 17 heavy (non-hydrogen) atoms. The highest BCUT2D eigenvalue weighted by Crippen LogP contribution is 2.32. The Hall–Kier alpha value is -0.740. The molecule has 0 amide bonds. The molecule has 0 aromatic rings. The smallest absolute Gasteiger partial charge is 0.117 e. The van der Waals surface area contributed by atoms with Crippen molar-refractivity contribution in [2.75, 3.05) is 6.61 Å². The van der Waals surface area contributed by atoms with Crippen LogP contribution < -0.4 is 0 Å². The average Bonchev–Trinajstić information content (AvgIpc) is 2.26. The van der Waals surface area contributed by atoms with E-state index in [9.17, 15) is 0 Å². The molecule has 1 fully saturated rings. The third-order valence-electron chi connectivity index (χ3n) is 3.49. The van der Waals surface area contributed by atoms with Crippen LogP contribution in [0.3, 0.4) is 0 Å². The minimum atomic E-state index is -0.252. The second-order valence-corrected chi connectivity index (χ2v) is 4.88. The lowest BCUT2D eigenvalue weighted by Crippen LogP contribution is -2.53. The lowest BCUT2D eigenvalue weighted by molar-refractivity contribution is -0.252. The van der Waals surface area contributed by atoms with Gasteiger partial charge in [0.2, 0.25) is 0 Å². The van der Waals surface area contributed by atoms with E-state index in [-0.39, 0.29) is 23.9 Å². The van der Waals surface area contributed by atoms with Gasteiger partial charge < -0.3 is 19.3 Å². The summed E-state index contributed by atoms with van der Waals surface area (Å²) in [6.07, 6.45) is 4.28. The lowest BCUT2D eigenvalue weighted by atomic mass is 9.91. The predicted molar refractivity (Wildman–Crippen MR) is 65.9 cm³/mol. The van der Waals surface area contributed by atoms with Crippen LogP contribution in [0.5, 0.6) is 0 Å². The highest BCUT2D eigenvalue weighted by molar-refractivity contribution is 4.88. The van der Waals surface area contributed by atoms with E-state index in [0.717, 1.165) is 19.1 Å². The summed E-state index contributed by atoms with van der Waals surface area (Å²) in [6, 6.07) is 0. The standard InChI is InChI=1S/C13H24O4/c1-10-11(2)17-13(4,12(3)16-10)6-5-8-15-9-7-14/h7,9-12,14H,5-6,8H2,1-4H3. The second-order valence-electron chi connectivity index (χ2n) is 4.88. The molecule has 0 saturated carbocycles. The van der Waals surface area contributed by atoms with Gasteiger partial charge in [-0.25, -0.2) is 0 Å². The molecule has 0 radical (unpaired) electrons. The van der Waals surface area contributed by atoms with Gasteiger partial charge in [0, 0.05) is 0 Å². The van der Waals surface area contributed by atoms with E-state index in [2.05, 4.69) is 13.8 Å². The van der Waals surface area contributed by atoms with Crippen LogP contribution in [0.2, 0.25) is 0 Å². The lowest BCUT2D eigenvalue weighted by Gasteiger charge is -2.45. The van der Waals surface area contributed by atoms with Crippen LogP contribution in [0, 0.1) is 0 Å². The maximum Gasteiger partial charge on any atom is 0.117 e. The summed E-state index contributed by atoms with van der Waals surface area (Å²) in [5, 5.41) is 8.42. The summed E-state index contributed by atoms with van der Waals surface area (Å²) in [7, 11) is 0. The van der Waals surface area contributed by atoms with E-state index in [0.29, 0.717) is 6.61 Å². The van der Waals surface area contributed by atoms with Crippen LogP contribution >= 0.6 is 0 Å². The number of hydrogen-bond acceptors (Lipinski definition) is 4. The molecule has 1 aliphatic heterocycles. The van der Waals surface area contributed by atoms with Gasteiger partial charge in [-0.3, -0.25) is 0 Å². The number of rotatable bonds is 5. The molecule has 1 rings (SSSR count). The Balaban J connectivity index is 2.38. The minimum Gasteiger partial charge on any atom is -0.512 e. The van der Waals surface area contributed by atoms with Crippen LogP contribution in [0.15, 0.2) is 12.5 Å². The average molecular weight is 244 g/mol. The van der Waals surface area contributed by atoms with E-state index in [4.69, 9.17) is 19.3 Å². The maximum absolute atomic E-state index is 8.42. The molecule has 1 saturated heterocycles. The minimum absolute atomic E-state index is 0.0853. The predicted octanol–water partition coefficient (Wildman–Crippen LogP) is 2.78. The van der Waals surface area contributed by atoms with Crippen molar-refractivity contribution in [1.29, 1.82) is 0 Å². The quantitative estimate of drug-likeness (QED) is 0.596. The van der Waals surface area contributed by atoms with Crippen molar-refractivity contribution in [3.8, 4) is 0 Å². The molecule has 1 N–H and O–H groups in total. The fraction of sp³-hybridized carbons (Fsp3) is 0.846. The summed E-state index contributed by atoms with van der Waals surface area (Å²) in [6.45, 7) is 8.79. The van der Waals surface area contributed by atoms with Gasteiger partial charge in [-0.2, -0.15) is 0 Å². The van der Waals surface area contributed by atoms with Crippen LogP contribution in [-0.2, 0) is 14.2 Å². The Kier molecular flexibility index (Phi) is 5.28. The third kappa shape index (κ3) is 3.89. The molecular formula is C13H24O4. The van der Waals surface area contributed by atoms with Crippen molar-refractivity contribution in [3.05, 3.63) is 12.5 Å². The highest BCUT2D eigenvalue weighted by Gasteiger charge is 2.41. The molecule has 0 bridgehead atoms. The highest BCUT2D eigenvalue weighted by atomic mass is 16.6. The van der Waals surface area contributed by atoms with Gasteiger partial charge in [-0.15, -0.1) is 0 Å². The molecule has 1 aliphatic rings. The van der Waals surface area contributed by atoms with E-state index < -0.39 is 0 Å². The fourth-order valence-electron chi connectivity index (χ4n) is 2.07. The van der Waals surface area contributed by atoms with Gasteiger partial charge in [-0.1, -0.05) is 0 Å². The van der Waals surface area contributed by atoms with Crippen molar-refractivity contribution < 1.29 is 19.3 Å². The summed E-state index contributed by atoms with van der Waals surface area (Å²) in [4.78, 5) is 0. The zero-order chi connectivity index (χ0) is 12.9. The fourth-order valence-corrected chi connectivity index (χ4v) is 2.07. The molecule has 100 valence electrons. The molecule has 0 aromatic carbocycles. The van der Waals surface area contributed by atoms with Crippen molar-refractivity contribution in [1.82, 2.24) is 0 Å².